The molecule has 3 atom stereocenters. The summed E-state index contributed by atoms with van der Waals surface area (Å²) in [6, 6.07) is 0. The maximum atomic E-state index is 12.9. The minimum absolute atomic E-state index is 0.147. The summed E-state index contributed by atoms with van der Waals surface area (Å²) in [5, 5.41) is 9.77. The SMILES string of the molecule is CC/C=C\C/C=C\C/C=C\C/C=C\C/C=C\CCCC(=O)OCC(COP(=O)(O)OCC(CO)OC(=O)CCCCCCCCCCC)OC(=O)CCCCCCCCCCC/C=C\CCCCCCCC. The molecule has 12 heteroatoms. The summed E-state index contributed by atoms with van der Waals surface area (Å²) < 4.78 is 39.4. The average molecular weight is 1030 g/mol. The lowest BCUT2D eigenvalue weighted by molar-refractivity contribution is -0.161. The summed E-state index contributed by atoms with van der Waals surface area (Å²) in [5.41, 5.74) is 0. The Labute approximate surface area is 439 Å². The van der Waals surface area contributed by atoms with E-state index in [0.29, 0.717) is 25.7 Å². The number of aliphatic hydroxyl groups excluding tert-OH is 1. The molecule has 11 nitrogen and oxygen atoms in total. The van der Waals surface area contributed by atoms with Gasteiger partial charge in [-0.05, 0) is 83.5 Å². The number of esters is 3. The second-order valence-electron chi connectivity index (χ2n) is 19.1. The Balaban J connectivity index is 4.78. The van der Waals surface area contributed by atoms with Crippen molar-refractivity contribution in [3.8, 4) is 0 Å². The molecule has 0 spiro atoms. The average Bonchev–Trinajstić information content (AvgIpc) is 3.37. The van der Waals surface area contributed by atoms with E-state index in [0.717, 1.165) is 70.6 Å². The zero-order chi connectivity index (χ0) is 52.7. The van der Waals surface area contributed by atoms with Gasteiger partial charge in [-0.1, -0.05) is 222 Å². The van der Waals surface area contributed by atoms with E-state index >= 15 is 0 Å². The van der Waals surface area contributed by atoms with E-state index in [1.165, 1.54) is 116 Å². The number of allylic oxidation sites excluding steroid dienone is 12. The highest BCUT2D eigenvalue weighted by molar-refractivity contribution is 7.47. The van der Waals surface area contributed by atoms with Crippen molar-refractivity contribution >= 4 is 25.7 Å². The van der Waals surface area contributed by atoms with Gasteiger partial charge in [0.1, 0.15) is 12.7 Å². The number of aliphatic hydroxyl groups is 1. The van der Waals surface area contributed by atoms with Gasteiger partial charge in [0.15, 0.2) is 6.10 Å². The zero-order valence-electron chi connectivity index (χ0n) is 45.9. The number of carbonyl (C=O) groups excluding carboxylic acids is 3. The molecule has 0 aliphatic carbocycles. The third-order valence-electron chi connectivity index (χ3n) is 12.1. The van der Waals surface area contributed by atoms with E-state index in [1.54, 1.807) is 0 Å². The molecule has 0 radical (unpaired) electrons. The summed E-state index contributed by atoms with van der Waals surface area (Å²) in [5.74, 6) is -1.53. The molecule has 0 bridgehead atoms. The van der Waals surface area contributed by atoms with Crippen molar-refractivity contribution in [1.29, 1.82) is 0 Å². The van der Waals surface area contributed by atoms with E-state index in [2.05, 4.69) is 87.6 Å². The number of carbonyl (C=O) groups is 3. The van der Waals surface area contributed by atoms with E-state index in [1.807, 2.05) is 6.08 Å². The number of phosphoric ester groups is 1. The van der Waals surface area contributed by atoms with Gasteiger partial charge in [0.2, 0.25) is 0 Å². The first-order chi connectivity index (χ1) is 35.2. The third kappa shape index (κ3) is 51.8. The molecular weight excluding hydrogens is 928 g/mol. The van der Waals surface area contributed by atoms with Gasteiger partial charge in [-0.25, -0.2) is 4.57 Å². The Hall–Kier alpha value is -3.08. The van der Waals surface area contributed by atoms with Crippen LogP contribution >= 0.6 is 7.82 Å². The molecule has 2 N–H and O–H groups in total. The monoisotopic (exact) mass is 1030 g/mol. The summed E-state index contributed by atoms with van der Waals surface area (Å²) in [4.78, 5) is 48.4. The van der Waals surface area contributed by atoms with Gasteiger partial charge in [-0.15, -0.1) is 0 Å². The first-order valence-corrected chi connectivity index (χ1v) is 30.3. The fraction of sp³-hybridized carbons (Fsp3) is 0.750. The van der Waals surface area contributed by atoms with E-state index in [9.17, 15) is 28.9 Å². The van der Waals surface area contributed by atoms with Crippen molar-refractivity contribution in [2.75, 3.05) is 26.4 Å². The third-order valence-corrected chi connectivity index (χ3v) is 13.1. The normalized spacial score (nSPS) is 13.9. The van der Waals surface area contributed by atoms with Gasteiger partial charge in [0, 0.05) is 19.3 Å². The first-order valence-electron chi connectivity index (χ1n) is 28.8. The van der Waals surface area contributed by atoms with Crippen LogP contribution in [-0.4, -0.2) is 66.5 Å². The number of ether oxygens (including phenoxy) is 3. The van der Waals surface area contributed by atoms with Crippen LogP contribution in [0.1, 0.15) is 252 Å². The molecule has 416 valence electrons. The fourth-order valence-corrected chi connectivity index (χ4v) is 8.52. The highest BCUT2D eigenvalue weighted by atomic mass is 31.2. The molecular formula is C60H105O11P. The van der Waals surface area contributed by atoms with Gasteiger partial charge in [0.05, 0.1) is 19.8 Å². The van der Waals surface area contributed by atoms with Crippen molar-refractivity contribution in [2.45, 2.75) is 264 Å². The first kappa shape index (κ1) is 68.9. The summed E-state index contributed by atoms with van der Waals surface area (Å²) in [7, 11) is -4.75. The summed E-state index contributed by atoms with van der Waals surface area (Å²) in [6.45, 7) is 4.45. The van der Waals surface area contributed by atoms with Crippen LogP contribution in [0.2, 0.25) is 0 Å². The lowest BCUT2D eigenvalue weighted by Gasteiger charge is -2.21. The summed E-state index contributed by atoms with van der Waals surface area (Å²) in [6.07, 6.45) is 60.2. The van der Waals surface area contributed by atoms with E-state index < -0.39 is 57.8 Å². The predicted molar refractivity (Wildman–Crippen MR) is 298 cm³/mol. The Morgan fingerprint density at radius 1 is 0.403 bits per heavy atom. The molecule has 0 aliphatic heterocycles. The Kier molecular flexibility index (Phi) is 51.9. The van der Waals surface area contributed by atoms with Crippen LogP contribution in [0, 0.1) is 0 Å². The van der Waals surface area contributed by atoms with Crippen LogP contribution in [-0.2, 0) is 42.2 Å². The smallest absolute Gasteiger partial charge is 0.462 e. The minimum Gasteiger partial charge on any atom is -0.462 e. The number of rotatable bonds is 53. The van der Waals surface area contributed by atoms with Crippen LogP contribution in [0.5, 0.6) is 0 Å². The predicted octanol–water partition coefficient (Wildman–Crippen LogP) is 16.9. The molecule has 0 saturated carbocycles. The molecule has 0 aromatic heterocycles. The number of unbranched alkanes of at least 4 members (excludes halogenated alkanes) is 24. The molecule has 0 aliphatic rings. The second kappa shape index (κ2) is 54.2. The van der Waals surface area contributed by atoms with Gasteiger partial charge < -0.3 is 24.2 Å². The van der Waals surface area contributed by atoms with Gasteiger partial charge in [0.25, 0.3) is 0 Å². The summed E-state index contributed by atoms with van der Waals surface area (Å²) >= 11 is 0. The molecule has 0 heterocycles. The molecule has 0 saturated heterocycles. The van der Waals surface area contributed by atoms with Crippen molar-refractivity contribution < 1.29 is 52.2 Å². The standard InChI is InChI=1S/C60H105O11P/c1-4-7-10-13-16-19-21-23-25-27-28-30-32-34-36-39-42-45-48-51-60(64)71-57(53-67-58(62)49-46-43-40-38-35-33-31-29-26-24-22-20-17-14-11-8-5-2)55-69-72(65,66)68-54-56(52-61)70-59(63)50-47-44-41-37-18-15-12-9-6-3/h8,11,17,20,23-26,31,33,38,40,56-57,61H,4-7,9-10,12-16,18-19,21-22,27-30,32,34-37,39,41-55H2,1-3H3,(H,65,66)/b11-8-,20-17-,25-23-,26-24-,33-31-,40-38-. The van der Waals surface area contributed by atoms with Crippen LogP contribution in [0.25, 0.3) is 0 Å². The zero-order valence-corrected chi connectivity index (χ0v) is 46.8. The molecule has 72 heavy (non-hydrogen) atoms. The van der Waals surface area contributed by atoms with Gasteiger partial charge in [-0.2, -0.15) is 0 Å². The highest BCUT2D eigenvalue weighted by Crippen LogP contribution is 2.43. The second-order valence-corrected chi connectivity index (χ2v) is 20.5. The van der Waals surface area contributed by atoms with Crippen LogP contribution in [0.4, 0.5) is 0 Å². The number of hydrogen-bond donors (Lipinski definition) is 2. The Morgan fingerprint density at radius 3 is 1.17 bits per heavy atom. The quantitative estimate of drug-likeness (QED) is 0.0197. The van der Waals surface area contributed by atoms with Crippen molar-refractivity contribution in [3.05, 3.63) is 72.9 Å². The lowest BCUT2D eigenvalue weighted by Crippen LogP contribution is -2.30. The minimum atomic E-state index is -4.75. The Bertz CT molecular complexity index is 1490. The van der Waals surface area contributed by atoms with E-state index in [4.69, 9.17) is 23.3 Å². The van der Waals surface area contributed by atoms with Crippen LogP contribution in [0.15, 0.2) is 72.9 Å². The largest absolute Gasteiger partial charge is 0.472 e. The van der Waals surface area contributed by atoms with Crippen LogP contribution in [0.3, 0.4) is 0 Å². The molecule has 0 aromatic rings. The maximum Gasteiger partial charge on any atom is 0.472 e. The highest BCUT2D eigenvalue weighted by Gasteiger charge is 2.28. The van der Waals surface area contributed by atoms with Crippen molar-refractivity contribution in [3.63, 3.8) is 0 Å². The maximum absolute atomic E-state index is 12.9. The van der Waals surface area contributed by atoms with E-state index in [-0.39, 0.29) is 25.9 Å². The fourth-order valence-electron chi connectivity index (χ4n) is 7.74. The van der Waals surface area contributed by atoms with Crippen LogP contribution < -0.4 is 0 Å². The molecule has 0 amide bonds. The van der Waals surface area contributed by atoms with Crippen molar-refractivity contribution in [2.24, 2.45) is 0 Å². The Morgan fingerprint density at radius 2 is 0.736 bits per heavy atom. The molecule has 0 rings (SSSR count). The van der Waals surface area contributed by atoms with Gasteiger partial charge >= 0.3 is 25.7 Å². The lowest BCUT2D eigenvalue weighted by atomic mass is 10.1. The molecule has 0 fully saturated rings. The van der Waals surface area contributed by atoms with Crippen molar-refractivity contribution in [1.82, 2.24) is 0 Å². The topological polar surface area (TPSA) is 155 Å². The molecule has 0 aromatic carbocycles. The molecule has 3 unspecified atom stereocenters. The number of hydrogen-bond acceptors (Lipinski definition) is 10. The number of phosphoric acid groups is 1. The van der Waals surface area contributed by atoms with Gasteiger partial charge in [-0.3, -0.25) is 23.4 Å².